The van der Waals surface area contributed by atoms with E-state index in [2.05, 4.69) is 4.90 Å². The molecule has 8 heteroatoms. The van der Waals surface area contributed by atoms with Crippen LogP contribution in [0.5, 0.6) is 0 Å². The Hall–Kier alpha value is -0.560. The normalized spacial score (nSPS) is 18.0. The van der Waals surface area contributed by atoms with Gasteiger partial charge in [-0.2, -0.15) is 0 Å². The van der Waals surface area contributed by atoms with E-state index in [0.717, 1.165) is 90.8 Å². The molecule has 2 fully saturated rings. The molecule has 0 atom stereocenters. The van der Waals surface area contributed by atoms with Crippen molar-refractivity contribution in [1.82, 2.24) is 14.7 Å². The van der Waals surface area contributed by atoms with Gasteiger partial charge in [0.1, 0.15) is 0 Å². The molecule has 0 spiro atoms. The number of rotatable bonds is 8. The minimum Gasteiger partial charge on any atom is -0.342 e. The first-order valence-electron chi connectivity index (χ1n) is 9.68. The molecule has 0 saturated carbocycles. The van der Waals surface area contributed by atoms with Gasteiger partial charge in [0.15, 0.2) is 0 Å². The molecular weight excluding hydrogens is 375 g/mol. The average molecular weight is 411 g/mol. The first-order valence-corrected chi connectivity index (χ1v) is 9.68. The summed E-state index contributed by atoms with van der Waals surface area (Å²) in [6.45, 7) is 6.42. The Kier molecular flexibility index (Phi) is 14.2. The Morgan fingerprint density at radius 2 is 1.31 bits per heavy atom. The highest BCUT2D eigenvalue weighted by Crippen LogP contribution is 2.11. The minimum atomic E-state index is 0. The molecule has 0 unspecified atom stereocenters. The van der Waals surface area contributed by atoms with Crippen LogP contribution in [0, 0.1) is 0 Å². The number of likely N-dealkylation sites (tertiary alicyclic amines) is 1. The number of amides is 2. The SMILES string of the molecule is Cl.Cl.NCCCCCCC(=O)N1CCCN(CC(=O)N2CCCC2)CC1. The van der Waals surface area contributed by atoms with Crippen molar-refractivity contribution in [2.75, 3.05) is 52.4 Å². The monoisotopic (exact) mass is 410 g/mol. The van der Waals surface area contributed by atoms with Crippen LogP contribution >= 0.6 is 24.8 Å². The summed E-state index contributed by atoms with van der Waals surface area (Å²) in [5.74, 6) is 0.530. The van der Waals surface area contributed by atoms with Gasteiger partial charge in [0, 0.05) is 45.7 Å². The molecule has 2 heterocycles. The number of unbranched alkanes of at least 4 members (excludes halogenated alkanes) is 3. The van der Waals surface area contributed by atoms with Crippen LogP contribution in [-0.2, 0) is 9.59 Å². The van der Waals surface area contributed by atoms with Crippen LogP contribution in [0.2, 0.25) is 0 Å². The van der Waals surface area contributed by atoms with Crippen molar-refractivity contribution >= 4 is 36.6 Å². The summed E-state index contributed by atoms with van der Waals surface area (Å²) >= 11 is 0. The van der Waals surface area contributed by atoms with E-state index in [4.69, 9.17) is 5.73 Å². The molecule has 26 heavy (non-hydrogen) atoms. The molecule has 0 bridgehead atoms. The fraction of sp³-hybridized carbons (Fsp3) is 0.889. The largest absolute Gasteiger partial charge is 0.342 e. The zero-order valence-corrected chi connectivity index (χ0v) is 17.5. The van der Waals surface area contributed by atoms with Gasteiger partial charge in [-0.1, -0.05) is 12.8 Å². The van der Waals surface area contributed by atoms with Crippen molar-refractivity contribution in [1.29, 1.82) is 0 Å². The first-order chi connectivity index (χ1) is 11.7. The Labute approximate surface area is 170 Å². The van der Waals surface area contributed by atoms with Crippen molar-refractivity contribution in [3.63, 3.8) is 0 Å². The number of hydrogen-bond donors (Lipinski definition) is 1. The molecule has 2 aliphatic rings. The van der Waals surface area contributed by atoms with E-state index in [1.165, 1.54) is 0 Å². The van der Waals surface area contributed by atoms with Gasteiger partial charge in [-0.15, -0.1) is 24.8 Å². The second-order valence-corrected chi connectivity index (χ2v) is 7.05. The molecule has 2 rings (SSSR count). The van der Waals surface area contributed by atoms with Crippen molar-refractivity contribution in [3.8, 4) is 0 Å². The van der Waals surface area contributed by atoms with Crippen molar-refractivity contribution < 1.29 is 9.59 Å². The average Bonchev–Trinajstić information content (AvgIpc) is 3.02. The van der Waals surface area contributed by atoms with E-state index in [1.807, 2.05) is 9.80 Å². The number of halogens is 2. The first kappa shape index (κ1) is 25.4. The van der Waals surface area contributed by atoms with E-state index in [-0.39, 0.29) is 36.6 Å². The lowest BCUT2D eigenvalue weighted by Gasteiger charge is -2.24. The lowest BCUT2D eigenvalue weighted by Crippen LogP contribution is -2.41. The van der Waals surface area contributed by atoms with Gasteiger partial charge in [-0.05, 0) is 38.6 Å². The Bertz CT molecular complexity index is 407. The Morgan fingerprint density at radius 3 is 2.00 bits per heavy atom. The third kappa shape index (κ3) is 8.89. The van der Waals surface area contributed by atoms with E-state index in [9.17, 15) is 9.59 Å². The van der Waals surface area contributed by atoms with Gasteiger partial charge in [-0.25, -0.2) is 0 Å². The quantitative estimate of drug-likeness (QED) is 0.620. The summed E-state index contributed by atoms with van der Waals surface area (Å²) in [4.78, 5) is 30.8. The molecular formula is C18H36Cl2N4O2. The van der Waals surface area contributed by atoms with Gasteiger partial charge in [0.05, 0.1) is 6.54 Å². The molecule has 0 aromatic carbocycles. The fourth-order valence-electron chi connectivity index (χ4n) is 3.57. The van der Waals surface area contributed by atoms with Crippen LogP contribution in [0.1, 0.15) is 51.4 Å². The van der Waals surface area contributed by atoms with E-state index in [1.54, 1.807) is 0 Å². The van der Waals surface area contributed by atoms with E-state index in [0.29, 0.717) is 13.0 Å². The highest BCUT2D eigenvalue weighted by Gasteiger charge is 2.23. The summed E-state index contributed by atoms with van der Waals surface area (Å²) < 4.78 is 0. The molecule has 0 radical (unpaired) electrons. The van der Waals surface area contributed by atoms with E-state index < -0.39 is 0 Å². The molecule has 6 nitrogen and oxygen atoms in total. The Morgan fingerprint density at radius 1 is 0.692 bits per heavy atom. The van der Waals surface area contributed by atoms with Crippen molar-refractivity contribution in [2.24, 2.45) is 5.73 Å². The van der Waals surface area contributed by atoms with E-state index >= 15 is 0 Å². The predicted octanol–water partition coefficient (Wildman–Crippen LogP) is 1.90. The van der Waals surface area contributed by atoms with Crippen molar-refractivity contribution in [3.05, 3.63) is 0 Å². The molecule has 2 aliphatic heterocycles. The number of hydrogen-bond acceptors (Lipinski definition) is 4. The van der Waals surface area contributed by atoms with Crippen LogP contribution in [0.4, 0.5) is 0 Å². The number of nitrogens with zero attached hydrogens (tertiary/aromatic N) is 3. The van der Waals surface area contributed by atoms with Gasteiger partial charge >= 0.3 is 0 Å². The lowest BCUT2D eigenvalue weighted by molar-refractivity contribution is -0.131. The summed E-state index contributed by atoms with van der Waals surface area (Å²) in [5.41, 5.74) is 5.49. The lowest BCUT2D eigenvalue weighted by atomic mass is 10.1. The number of carbonyl (C=O) groups is 2. The van der Waals surface area contributed by atoms with Crippen LogP contribution in [-0.4, -0.2) is 78.9 Å². The standard InChI is InChI=1S/C18H34N4O2.2ClH/c19-9-4-2-1-3-8-17(23)22-13-7-10-20(14-15-22)16-18(24)21-11-5-6-12-21;;/h1-16,19H2;2*1H. The van der Waals surface area contributed by atoms with Gasteiger partial charge in [-0.3, -0.25) is 14.5 Å². The highest BCUT2D eigenvalue weighted by molar-refractivity contribution is 5.85. The van der Waals surface area contributed by atoms with Crippen molar-refractivity contribution in [2.45, 2.75) is 51.4 Å². The highest BCUT2D eigenvalue weighted by atomic mass is 35.5. The molecule has 0 aromatic rings. The van der Waals surface area contributed by atoms with Crippen LogP contribution < -0.4 is 5.73 Å². The van der Waals surface area contributed by atoms with Crippen LogP contribution in [0.3, 0.4) is 0 Å². The number of carbonyl (C=O) groups excluding carboxylic acids is 2. The Balaban J connectivity index is 0.00000312. The van der Waals surface area contributed by atoms with Crippen LogP contribution in [0.25, 0.3) is 0 Å². The maximum absolute atomic E-state index is 12.3. The smallest absolute Gasteiger partial charge is 0.236 e. The summed E-state index contributed by atoms with van der Waals surface area (Å²) in [7, 11) is 0. The van der Waals surface area contributed by atoms with Gasteiger partial charge < -0.3 is 15.5 Å². The molecule has 0 aliphatic carbocycles. The summed E-state index contributed by atoms with van der Waals surface area (Å²) in [6.07, 6.45) is 8.12. The molecule has 0 aromatic heterocycles. The second-order valence-electron chi connectivity index (χ2n) is 7.05. The zero-order chi connectivity index (χ0) is 17.2. The molecule has 154 valence electrons. The fourth-order valence-corrected chi connectivity index (χ4v) is 3.57. The maximum atomic E-state index is 12.3. The third-order valence-corrected chi connectivity index (χ3v) is 5.10. The minimum absolute atomic E-state index is 0. The topological polar surface area (TPSA) is 69.9 Å². The third-order valence-electron chi connectivity index (χ3n) is 5.10. The molecule has 2 N–H and O–H groups in total. The number of nitrogens with two attached hydrogens (primary N) is 1. The molecule has 2 saturated heterocycles. The summed E-state index contributed by atoms with van der Waals surface area (Å²) in [6, 6.07) is 0. The van der Waals surface area contributed by atoms with Crippen LogP contribution in [0.15, 0.2) is 0 Å². The second kappa shape index (κ2) is 14.5. The maximum Gasteiger partial charge on any atom is 0.236 e. The predicted molar refractivity (Wildman–Crippen MR) is 110 cm³/mol. The summed E-state index contributed by atoms with van der Waals surface area (Å²) in [5, 5.41) is 0. The van der Waals surface area contributed by atoms with Gasteiger partial charge in [0.25, 0.3) is 0 Å². The zero-order valence-electron chi connectivity index (χ0n) is 15.9. The molecule has 2 amide bonds. The van der Waals surface area contributed by atoms with Gasteiger partial charge in [0.2, 0.25) is 11.8 Å².